The molecule has 0 amide bonds. The van der Waals surface area contributed by atoms with Crippen molar-refractivity contribution in [2.24, 2.45) is 0 Å². The number of rotatable bonds is 7. The van der Waals surface area contributed by atoms with Crippen molar-refractivity contribution in [1.82, 2.24) is 4.90 Å². The number of hydrogen-bond acceptors (Lipinski definition) is 3. The number of nitrogens with zero attached hydrogens (tertiary/aromatic N) is 1. The summed E-state index contributed by atoms with van der Waals surface area (Å²) in [4.78, 5) is 2.28. The Morgan fingerprint density at radius 3 is 2.62 bits per heavy atom. The number of ether oxygens (including phenoxy) is 1. The van der Waals surface area contributed by atoms with Gasteiger partial charge in [-0.25, -0.2) is 0 Å². The molecule has 21 heavy (non-hydrogen) atoms. The maximum absolute atomic E-state index is 11.4. The number of methoxy groups -OCH3 is 1. The molecule has 3 heteroatoms. The molecule has 1 aromatic carbocycles. The van der Waals surface area contributed by atoms with Crippen molar-refractivity contribution in [1.29, 1.82) is 0 Å². The van der Waals surface area contributed by atoms with E-state index in [1.54, 1.807) is 7.11 Å². The largest absolute Gasteiger partial charge is 0.385 e. The lowest BCUT2D eigenvalue weighted by Crippen LogP contribution is -2.48. The fourth-order valence-electron chi connectivity index (χ4n) is 3.26. The standard InChI is InChI=1S/C18H29NO2/c1-16-9-8-10-17(15-16)18(20,11-4-7-14-21-2)19-12-5-3-6-13-19/h8-10,15,20H,3-7,11-14H2,1-2H3/t18-/m0/s1. The van der Waals surface area contributed by atoms with Crippen LogP contribution in [-0.4, -0.2) is 36.8 Å². The van der Waals surface area contributed by atoms with Crippen LogP contribution < -0.4 is 0 Å². The Hall–Kier alpha value is -0.900. The van der Waals surface area contributed by atoms with Gasteiger partial charge in [0.05, 0.1) is 0 Å². The highest BCUT2D eigenvalue weighted by molar-refractivity contribution is 5.27. The Balaban J connectivity index is 2.15. The Bertz CT molecular complexity index is 429. The lowest BCUT2D eigenvalue weighted by atomic mass is 9.92. The molecule has 118 valence electrons. The van der Waals surface area contributed by atoms with E-state index in [1.807, 2.05) is 0 Å². The lowest BCUT2D eigenvalue weighted by Gasteiger charge is -2.42. The van der Waals surface area contributed by atoms with E-state index in [0.29, 0.717) is 0 Å². The summed E-state index contributed by atoms with van der Waals surface area (Å²) in [7, 11) is 1.73. The highest BCUT2D eigenvalue weighted by atomic mass is 16.5. The van der Waals surface area contributed by atoms with Crippen molar-refractivity contribution in [3.63, 3.8) is 0 Å². The first-order chi connectivity index (χ1) is 10.2. The van der Waals surface area contributed by atoms with Crippen molar-refractivity contribution in [2.45, 2.75) is 51.2 Å². The van der Waals surface area contributed by atoms with Gasteiger partial charge in [0.25, 0.3) is 0 Å². The zero-order valence-corrected chi connectivity index (χ0v) is 13.5. The summed E-state index contributed by atoms with van der Waals surface area (Å²) in [6.07, 6.45) is 6.41. The molecular formula is C18H29NO2. The molecule has 1 aliphatic heterocycles. The first-order valence-electron chi connectivity index (χ1n) is 8.20. The van der Waals surface area contributed by atoms with Crippen LogP contribution in [0.4, 0.5) is 0 Å². The Kier molecular flexibility index (Phi) is 6.22. The van der Waals surface area contributed by atoms with Crippen LogP contribution in [-0.2, 0) is 10.5 Å². The maximum atomic E-state index is 11.4. The second kappa shape index (κ2) is 7.92. The van der Waals surface area contributed by atoms with E-state index in [1.165, 1.54) is 24.8 Å². The Morgan fingerprint density at radius 1 is 1.19 bits per heavy atom. The smallest absolute Gasteiger partial charge is 0.144 e. The SMILES string of the molecule is COCCCC[C@](O)(c1cccc(C)c1)N1CCCCC1. The highest BCUT2D eigenvalue weighted by Crippen LogP contribution is 2.34. The molecule has 0 spiro atoms. The molecule has 3 nitrogen and oxygen atoms in total. The molecule has 0 aliphatic carbocycles. The van der Waals surface area contributed by atoms with Crippen LogP contribution in [0.5, 0.6) is 0 Å². The fraction of sp³-hybridized carbons (Fsp3) is 0.667. The minimum absolute atomic E-state index is 0.768. The van der Waals surface area contributed by atoms with E-state index >= 15 is 0 Å². The summed E-state index contributed by atoms with van der Waals surface area (Å²) in [5, 5.41) is 11.4. The second-order valence-electron chi connectivity index (χ2n) is 6.18. The number of hydrogen-bond donors (Lipinski definition) is 1. The second-order valence-corrected chi connectivity index (χ2v) is 6.18. The quantitative estimate of drug-likeness (QED) is 0.781. The van der Waals surface area contributed by atoms with E-state index < -0.39 is 5.72 Å². The molecule has 0 unspecified atom stereocenters. The summed E-state index contributed by atoms with van der Waals surface area (Å²) >= 11 is 0. The van der Waals surface area contributed by atoms with Crippen LogP contribution in [0.15, 0.2) is 24.3 Å². The third kappa shape index (κ3) is 4.29. The van der Waals surface area contributed by atoms with Gasteiger partial charge in [-0.15, -0.1) is 0 Å². The Labute approximate surface area is 128 Å². The third-order valence-electron chi connectivity index (χ3n) is 4.48. The van der Waals surface area contributed by atoms with Crippen LogP contribution in [0.1, 0.15) is 49.7 Å². The van der Waals surface area contributed by atoms with Crippen LogP contribution >= 0.6 is 0 Å². The van der Waals surface area contributed by atoms with Gasteiger partial charge in [0, 0.05) is 26.8 Å². The van der Waals surface area contributed by atoms with Gasteiger partial charge >= 0.3 is 0 Å². The fourth-order valence-corrected chi connectivity index (χ4v) is 3.26. The molecule has 0 bridgehead atoms. The van der Waals surface area contributed by atoms with Crippen molar-refractivity contribution in [2.75, 3.05) is 26.8 Å². The molecule has 1 fully saturated rings. The van der Waals surface area contributed by atoms with Gasteiger partial charge in [-0.2, -0.15) is 0 Å². The van der Waals surface area contributed by atoms with Gasteiger partial charge in [0.15, 0.2) is 0 Å². The van der Waals surface area contributed by atoms with Crippen LogP contribution in [0.2, 0.25) is 0 Å². The third-order valence-corrected chi connectivity index (χ3v) is 4.48. The van der Waals surface area contributed by atoms with E-state index in [0.717, 1.165) is 44.5 Å². The minimum Gasteiger partial charge on any atom is -0.385 e. The summed E-state index contributed by atoms with van der Waals surface area (Å²) in [6, 6.07) is 8.34. The summed E-state index contributed by atoms with van der Waals surface area (Å²) < 4.78 is 5.13. The number of aliphatic hydroxyl groups is 1. The van der Waals surface area contributed by atoms with Crippen LogP contribution in [0.3, 0.4) is 0 Å². The van der Waals surface area contributed by atoms with Gasteiger partial charge in [-0.1, -0.05) is 36.2 Å². The molecule has 1 atom stereocenters. The number of piperidine rings is 1. The first kappa shape index (κ1) is 16.5. The topological polar surface area (TPSA) is 32.7 Å². The van der Waals surface area contributed by atoms with Crippen molar-refractivity contribution >= 4 is 0 Å². The van der Waals surface area contributed by atoms with Gasteiger partial charge < -0.3 is 9.84 Å². The molecule has 0 aromatic heterocycles. The number of unbranched alkanes of at least 4 members (excludes halogenated alkanes) is 1. The summed E-state index contributed by atoms with van der Waals surface area (Å²) in [5.41, 5.74) is 1.43. The number of likely N-dealkylation sites (tertiary alicyclic amines) is 1. The zero-order valence-electron chi connectivity index (χ0n) is 13.5. The predicted molar refractivity (Wildman–Crippen MR) is 86.2 cm³/mol. The molecule has 2 rings (SSSR count). The molecule has 0 saturated carbocycles. The maximum Gasteiger partial charge on any atom is 0.144 e. The van der Waals surface area contributed by atoms with E-state index in [4.69, 9.17) is 4.74 Å². The van der Waals surface area contributed by atoms with Gasteiger partial charge in [0.1, 0.15) is 5.72 Å². The molecule has 1 saturated heterocycles. The van der Waals surface area contributed by atoms with Crippen molar-refractivity contribution in [3.8, 4) is 0 Å². The number of aryl methyl sites for hydroxylation is 1. The van der Waals surface area contributed by atoms with Gasteiger partial charge in [-0.05, 0) is 44.6 Å². The average Bonchev–Trinajstić information content (AvgIpc) is 2.52. The normalized spacial score (nSPS) is 19.4. The monoisotopic (exact) mass is 291 g/mol. The van der Waals surface area contributed by atoms with Crippen molar-refractivity contribution in [3.05, 3.63) is 35.4 Å². The van der Waals surface area contributed by atoms with Gasteiger partial charge in [-0.3, -0.25) is 4.90 Å². The van der Waals surface area contributed by atoms with Crippen LogP contribution in [0, 0.1) is 6.92 Å². The van der Waals surface area contributed by atoms with Crippen molar-refractivity contribution < 1.29 is 9.84 Å². The molecule has 1 N–H and O–H groups in total. The molecular weight excluding hydrogens is 262 g/mol. The minimum atomic E-state index is -0.819. The zero-order chi connectivity index (χ0) is 15.1. The summed E-state index contributed by atoms with van der Waals surface area (Å²) in [6.45, 7) is 4.85. The van der Waals surface area contributed by atoms with E-state index in [2.05, 4.69) is 36.1 Å². The summed E-state index contributed by atoms with van der Waals surface area (Å²) in [5.74, 6) is 0. The molecule has 1 heterocycles. The molecule has 0 radical (unpaired) electrons. The molecule has 1 aromatic rings. The number of benzene rings is 1. The predicted octanol–water partition coefficient (Wildman–Crippen LogP) is 3.44. The van der Waals surface area contributed by atoms with Crippen LogP contribution in [0.25, 0.3) is 0 Å². The average molecular weight is 291 g/mol. The van der Waals surface area contributed by atoms with Gasteiger partial charge in [0.2, 0.25) is 0 Å². The first-order valence-corrected chi connectivity index (χ1v) is 8.20. The van der Waals surface area contributed by atoms with E-state index in [9.17, 15) is 5.11 Å². The van der Waals surface area contributed by atoms with E-state index in [-0.39, 0.29) is 0 Å². The molecule has 1 aliphatic rings. The Morgan fingerprint density at radius 2 is 1.95 bits per heavy atom. The highest BCUT2D eigenvalue weighted by Gasteiger charge is 2.36. The lowest BCUT2D eigenvalue weighted by molar-refractivity contribution is -0.131.